The third kappa shape index (κ3) is 3.89. The molecule has 3 heterocycles. The fraction of sp³-hybridized carbons (Fsp3) is 0.381. The maximum absolute atomic E-state index is 13.4. The minimum atomic E-state index is -4.79. The number of halogens is 5. The van der Waals surface area contributed by atoms with E-state index < -0.39 is 48.3 Å². The summed E-state index contributed by atoms with van der Waals surface area (Å²) < 4.78 is 59.6. The number of hydrogen-bond donors (Lipinski definition) is 2. The number of aromatic nitrogens is 1. The minimum Gasteiger partial charge on any atom is -0.376 e. The van der Waals surface area contributed by atoms with E-state index in [9.17, 15) is 31.9 Å². The monoisotopic (exact) mass is 487 g/mol. The highest BCUT2D eigenvalue weighted by atomic mass is 35.5. The zero-order chi connectivity index (χ0) is 24.1. The molecule has 0 spiro atoms. The highest BCUT2D eigenvalue weighted by molar-refractivity contribution is 6.44. The Bertz CT molecular complexity index is 1170. The molecule has 176 valence electrons. The molecule has 2 aromatic rings. The van der Waals surface area contributed by atoms with Gasteiger partial charge in [0.15, 0.2) is 5.54 Å². The molecular weight excluding hydrogens is 470 g/mol. The minimum absolute atomic E-state index is 0.0927. The second-order valence-corrected chi connectivity index (χ2v) is 8.40. The number of carbonyl (C=O) groups excluding carboxylic acids is 3. The van der Waals surface area contributed by atoms with E-state index in [4.69, 9.17) is 11.6 Å². The molecule has 1 aromatic carbocycles. The number of anilines is 1. The van der Waals surface area contributed by atoms with Gasteiger partial charge in [-0.2, -0.15) is 13.2 Å². The van der Waals surface area contributed by atoms with Crippen molar-refractivity contribution < 1.29 is 36.7 Å². The van der Waals surface area contributed by atoms with Gasteiger partial charge in [-0.05, 0) is 43.5 Å². The molecule has 0 radical (unpaired) electrons. The summed E-state index contributed by atoms with van der Waals surface area (Å²) in [6.07, 6.45) is -3.83. The quantitative estimate of drug-likeness (QED) is 0.384. The second kappa shape index (κ2) is 8.14. The number of hydrogen-bond acceptors (Lipinski definition) is 4. The van der Waals surface area contributed by atoms with Crippen molar-refractivity contribution in [1.82, 2.24) is 9.88 Å². The van der Waals surface area contributed by atoms with Crippen LogP contribution in [-0.4, -0.2) is 47.1 Å². The van der Waals surface area contributed by atoms with Crippen LogP contribution < -0.4 is 10.6 Å². The summed E-state index contributed by atoms with van der Waals surface area (Å²) in [5, 5.41) is 4.15. The average Bonchev–Trinajstić information content (AvgIpc) is 3.25. The van der Waals surface area contributed by atoms with Crippen molar-refractivity contribution >= 4 is 34.9 Å². The van der Waals surface area contributed by atoms with Gasteiger partial charge in [0.2, 0.25) is 0 Å². The average molecular weight is 488 g/mol. The number of Topliss-reactive ketones (excluding diaryl/α,β-unsaturated/α-hetero) is 1. The first-order chi connectivity index (χ1) is 15.4. The van der Waals surface area contributed by atoms with E-state index >= 15 is 0 Å². The Morgan fingerprint density at radius 2 is 1.91 bits per heavy atom. The van der Waals surface area contributed by atoms with Gasteiger partial charge in [-0.25, -0.2) is 4.39 Å². The number of ether oxygens (including phenoxy) is 1. The van der Waals surface area contributed by atoms with Gasteiger partial charge in [0.25, 0.3) is 17.6 Å². The van der Waals surface area contributed by atoms with Gasteiger partial charge in [0.05, 0.1) is 23.8 Å². The lowest BCUT2D eigenvalue weighted by Crippen LogP contribution is -2.71. The maximum atomic E-state index is 13.4. The SMILES string of the molecule is Cc1c(C(=O)C(=O)NC2(C(F)(F)F)COC2)c2n(c1C(=O)Nc1ccc(F)c(Cl)c1)CCC2. The van der Waals surface area contributed by atoms with Crippen LogP contribution in [0.15, 0.2) is 18.2 Å². The third-order valence-corrected chi connectivity index (χ3v) is 6.12. The van der Waals surface area contributed by atoms with Crippen molar-refractivity contribution in [3.8, 4) is 0 Å². The number of carbonyl (C=O) groups is 3. The number of nitrogens with one attached hydrogen (secondary N) is 2. The lowest BCUT2D eigenvalue weighted by Gasteiger charge is -2.42. The number of ketones is 1. The Morgan fingerprint density at radius 1 is 1.21 bits per heavy atom. The van der Waals surface area contributed by atoms with Crippen molar-refractivity contribution in [2.24, 2.45) is 0 Å². The first-order valence-electron chi connectivity index (χ1n) is 9.95. The molecule has 2 N–H and O–H groups in total. The zero-order valence-electron chi connectivity index (χ0n) is 17.2. The van der Waals surface area contributed by atoms with Gasteiger partial charge in [0, 0.05) is 17.9 Å². The fourth-order valence-electron chi connectivity index (χ4n) is 4.08. The molecule has 1 fully saturated rings. The Kier molecular flexibility index (Phi) is 5.73. The van der Waals surface area contributed by atoms with Gasteiger partial charge in [-0.1, -0.05) is 11.6 Å². The molecule has 2 aliphatic heterocycles. The molecule has 2 amide bonds. The highest BCUT2D eigenvalue weighted by Crippen LogP contribution is 2.37. The summed E-state index contributed by atoms with van der Waals surface area (Å²) in [4.78, 5) is 38.4. The van der Waals surface area contributed by atoms with Crippen LogP contribution in [0.5, 0.6) is 0 Å². The Balaban J connectivity index is 1.63. The fourth-order valence-corrected chi connectivity index (χ4v) is 4.26. The van der Waals surface area contributed by atoms with E-state index in [1.807, 2.05) is 0 Å². The number of amides is 2. The standard InChI is InChI=1S/C21H18ClF4N3O4/c1-10-15(17(30)19(32)28-20(8-33-9-20)21(24,25)26)14-3-2-6-29(14)16(10)18(31)27-11-4-5-13(23)12(22)7-11/h4-5,7H,2-3,6,8-9H2,1H3,(H,27,31)(H,28,32). The molecule has 12 heteroatoms. The van der Waals surface area contributed by atoms with E-state index in [1.54, 1.807) is 9.88 Å². The predicted octanol–water partition coefficient (Wildman–Crippen LogP) is 3.42. The number of alkyl halides is 3. The lowest BCUT2D eigenvalue weighted by atomic mass is 9.95. The molecule has 0 bridgehead atoms. The lowest BCUT2D eigenvalue weighted by molar-refractivity contribution is -0.265. The van der Waals surface area contributed by atoms with E-state index in [-0.39, 0.29) is 27.5 Å². The number of benzene rings is 1. The van der Waals surface area contributed by atoms with Crippen LogP contribution in [0.3, 0.4) is 0 Å². The molecule has 4 rings (SSSR count). The Hall–Kier alpha value is -2.92. The maximum Gasteiger partial charge on any atom is 0.416 e. The van der Waals surface area contributed by atoms with Crippen molar-refractivity contribution in [2.75, 3.05) is 18.5 Å². The molecule has 0 aliphatic carbocycles. The van der Waals surface area contributed by atoms with Crippen molar-refractivity contribution in [2.45, 2.75) is 38.0 Å². The van der Waals surface area contributed by atoms with E-state index in [0.29, 0.717) is 25.1 Å². The number of nitrogens with zero attached hydrogens (tertiary/aromatic N) is 1. The number of rotatable bonds is 5. The molecule has 1 aromatic heterocycles. The summed E-state index contributed by atoms with van der Waals surface area (Å²) in [5.41, 5.74) is -1.83. The van der Waals surface area contributed by atoms with E-state index in [0.717, 1.165) is 6.07 Å². The van der Waals surface area contributed by atoms with E-state index in [1.165, 1.54) is 19.1 Å². The molecule has 33 heavy (non-hydrogen) atoms. The first kappa shape index (κ1) is 23.2. The van der Waals surface area contributed by atoms with Gasteiger partial charge in [-0.15, -0.1) is 0 Å². The van der Waals surface area contributed by atoms with Gasteiger partial charge in [-0.3, -0.25) is 14.4 Å². The van der Waals surface area contributed by atoms with Crippen LogP contribution in [0.2, 0.25) is 5.02 Å². The summed E-state index contributed by atoms with van der Waals surface area (Å²) in [5.74, 6) is -3.87. The smallest absolute Gasteiger partial charge is 0.376 e. The largest absolute Gasteiger partial charge is 0.416 e. The van der Waals surface area contributed by atoms with Gasteiger partial charge in [0.1, 0.15) is 11.5 Å². The molecule has 0 atom stereocenters. The van der Waals surface area contributed by atoms with Crippen LogP contribution in [0, 0.1) is 12.7 Å². The van der Waals surface area contributed by atoms with Crippen LogP contribution in [0.4, 0.5) is 23.2 Å². The first-order valence-corrected chi connectivity index (χ1v) is 10.3. The van der Waals surface area contributed by atoms with Crippen LogP contribution in [0.1, 0.15) is 38.5 Å². The normalized spacial score (nSPS) is 16.7. The summed E-state index contributed by atoms with van der Waals surface area (Å²) in [6.45, 7) is 0.273. The van der Waals surface area contributed by atoms with E-state index in [2.05, 4.69) is 10.1 Å². The van der Waals surface area contributed by atoms with Gasteiger partial charge < -0.3 is 19.9 Å². The molecule has 0 unspecified atom stereocenters. The van der Waals surface area contributed by atoms with Crippen molar-refractivity contribution in [3.05, 3.63) is 51.6 Å². The molecule has 7 nitrogen and oxygen atoms in total. The van der Waals surface area contributed by atoms with Crippen LogP contribution in [-0.2, 0) is 22.5 Å². The third-order valence-electron chi connectivity index (χ3n) is 5.83. The molecule has 2 aliphatic rings. The number of fused-ring (bicyclic) bond motifs is 1. The van der Waals surface area contributed by atoms with Crippen molar-refractivity contribution in [1.29, 1.82) is 0 Å². The van der Waals surface area contributed by atoms with Crippen LogP contribution in [0.25, 0.3) is 0 Å². The molecular formula is C21H18ClF4N3O4. The Labute approximate surface area is 190 Å². The highest BCUT2D eigenvalue weighted by Gasteiger charge is 2.61. The molecule has 0 saturated carbocycles. The predicted molar refractivity (Wildman–Crippen MR) is 109 cm³/mol. The Morgan fingerprint density at radius 3 is 2.48 bits per heavy atom. The van der Waals surface area contributed by atoms with Crippen molar-refractivity contribution in [3.63, 3.8) is 0 Å². The molecule has 1 saturated heterocycles. The summed E-state index contributed by atoms with van der Waals surface area (Å²) in [7, 11) is 0. The zero-order valence-corrected chi connectivity index (χ0v) is 18.0. The van der Waals surface area contributed by atoms with Crippen LogP contribution >= 0.6 is 11.6 Å². The topological polar surface area (TPSA) is 89.4 Å². The second-order valence-electron chi connectivity index (χ2n) is 7.99. The summed E-state index contributed by atoms with van der Waals surface area (Å²) in [6, 6.07) is 3.60. The van der Waals surface area contributed by atoms with Gasteiger partial charge >= 0.3 is 6.18 Å². The summed E-state index contributed by atoms with van der Waals surface area (Å²) >= 11 is 5.74.